The second kappa shape index (κ2) is 7.27. The monoisotopic (exact) mass is 353 g/mol. The normalized spacial score (nSPS) is 16.8. The van der Waals surface area contributed by atoms with E-state index in [1.807, 2.05) is 14.1 Å². The lowest BCUT2D eigenvalue weighted by molar-refractivity contribution is -0.130. The number of aryl methyl sites for hydroxylation is 1. The van der Waals surface area contributed by atoms with Crippen LogP contribution in [-0.2, 0) is 4.79 Å². The van der Waals surface area contributed by atoms with Crippen LogP contribution in [0.15, 0.2) is 22.7 Å². The standard InChI is InChI=1S/C16H24BrN3O/c1-12-8-13(17)10-15(9-12)18-14-4-6-20(7-5-14)11-16(21)19(2)3/h8-10,14,18H,4-7,11H2,1-3H3. The van der Waals surface area contributed by atoms with Crippen LogP contribution in [0.1, 0.15) is 18.4 Å². The summed E-state index contributed by atoms with van der Waals surface area (Å²) in [7, 11) is 3.62. The molecule has 4 nitrogen and oxygen atoms in total. The number of nitrogens with zero attached hydrogens (tertiary/aromatic N) is 2. The van der Waals surface area contributed by atoms with Crippen LogP contribution < -0.4 is 5.32 Å². The Morgan fingerprint density at radius 3 is 2.57 bits per heavy atom. The van der Waals surface area contributed by atoms with E-state index < -0.39 is 0 Å². The highest BCUT2D eigenvalue weighted by Crippen LogP contribution is 2.22. The van der Waals surface area contributed by atoms with Gasteiger partial charge in [-0.1, -0.05) is 15.9 Å². The van der Waals surface area contributed by atoms with Crippen LogP contribution in [0.25, 0.3) is 0 Å². The summed E-state index contributed by atoms with van der Waals surface area (Å²) in [6.45, 7) is 4.59. The third-order valence-corrected chi connectivity index (χ3v) is 4.32. The van der Waals surface area contributed by atoms with Gasteiger partial charge in [-0.25, -0.2) is 0 Å². The van der Waals surface area contributed by atoms with E-state index in [1.165, 1.54) is 11.3 Å². The fraction of sp³-hybridized carbons (Fsp3) is 0.562. The van der Waals surface area contributed by atoms with Crippen LogP contribution in [0.5, 0.6) is 0 Å². The summed E-state index contributed by atoms with van der Waals surface area (Å²) in [6.07, 6.45) is 2.15. The first-order valence-electron chi connectivity index (χ1n) is 7.40. The smallest absolute Gasteiger partial charge is 0.236 e. The molecule has 1 aliphatic heterocycles. The maximum absolute atomic E-state index is 11.7. The molecular formula is C16H24BrN3O. The highest BCUT2D eigenvalue weighted by molar-refractivity contribution is 9.10. The Balaban J connectivity index is 1.82. The van der Waals surface area contributed by atoms with E-state index in [-0.39, 0.29) is 5.91 Å². The third kappa shape index (κ3) is 5.00. The van der Waals surface area contributed by atoms with Crippen LogP contribution in [0.4, 0.5) is 5.69 Å². The molecule has 1 heterocycles. The van der Waals surface area contributed by atoms with Crippen LogP contribution >= 0.6 is 15.9 Å². The van der Waals surface area contributed by atoms with Gasteiger partial charge in [0.2, 0.25) is 5.91 Å². The lowest BCUT2D eigenvalue weighted by Crippen LogP contribution is -2.43. The average molecular weight is 354 g/mol. The second-order valence-corrected chi connectivity index (χ2v) is 6.92. The van der Waals surface area contributed by atoms with Gasteiger partial charge in [0.15, 0.2) is 0 Å². The van der Waals surface area contributed by atoms with Crippen molar-refractivity contribution in [3.05, 3.63) is 28.2 Å². The minimum absolute atomic E-state index is 0.184. The Labute approximate surface area is 135 Å². The van der Waals surface area contributed by atoms with Crippen molar-refractivity contribution >= 4 is 27.5 Å². The van der Waals surface area contributed by atoms with Gasteiger partial charge in [0.05, 0.1) is 6.54 Å². The van der Waals surface area contributed by atoms with Crippen molar-refractivity contribution in [2.45, 2.75) is 25.8 Å². The molecule has 0 radical (unpaired) electrons. The Morgan fingerprint density at radius 2 is 2.00 bits per heavy atom. The minimum Gasteiger partial charge on any atom is -0.382 e. The molecule has 0 bridgehead atoms. The lowest BCUT2D eigenvalue weighted by Gasteiger charge is -2.33. The number of anilines is 1. The molecule has 1 aromatic rings. The summed E-state index contributed by atoms with van der Waals surface area (Å²) >= 11 is 3.54. The quantitative estimate of drug-likeness (QED) is 0.903. The summed E-state index contributed by atoms with van der Waals surface area (Å²) < 4.78 is 1.11. The average Bonchev–Trinajstić information content (AvgIpc) is 2.39. The van der Waals surface area contributed by atoms with Crippen molar-refractivity contribution in [1.29, 1.82) is 0 Å². The molecule has 1 aliphatic rings. The van der Waals surface area contributed by atoms with Gasteiger partial charge < -0.3 is 10.2 Å². The molecule has 5 heteroatoms. The number of nitrogens with one attached hydrogen (secondary N) is 1. The maximum Gasteiger partial charge on any atom is 0.236 e. The van der Waals surface area contributed by atoms with Gasteiger partial charge in [-0.3, -0.25) is 9.69 Å². The van der Waals surface area contributed by atoms with Crippen LogP contribution in [0.3, 0.4) is 0 Å². The molecule has 1 N–H and O–H groups in total. The number of likely N-dealkylation sites (N-methyl/N-ethyl adjacent to an activating group) is 1. The molecule has 116 valence electrons. The van der Waals surface area contributed by atoms with E-state index in [9.17, 15) is 4.79 Å². The number of amides is 1. The van der Waals surface area contributed by atoms with Gasteiger partial charge in [-0.05, 0) is 43.5 Å². The van der Waals surface area contributed by atoms with Crippen molar-refractivity contribution in [3.63, 3.8) is 0 Å². The molecule has 0 aliphatic carbocycles. The summed E-state index contributed by atoms with van der Waals surface area (Å²) in [6, 6.07) is 6.90. The predicted molar refractivity (Wildman–Crippen MR) is 90.7 cm³/mol. The molecule has 1 saturated heterocycles. The highest BCUT2D eigenvalue weighted by atomic mass is 79.9. The van der Waals surface area contributed by atoms with Crippen LogP contribution in [0.2, 0.25) is 0 Å². The SMILES string of the molecule is Cc1cc(Br)cc(NC2CCN(CC(=O)N(C)C)CC2)c1. The third-order valence-electron chi connectivity index (χ3n) is 3.86. The first-order valence-corrected chi connectivity index (χ1v) is 8.19. The van der Waals surface area contributed by atoms with Crippen molar-refractivity contribution < 1.29 is 4.79 Å². The van der Waals surface area contributed by atoms with Crippen molar-refractivity contribution in [1.82, 2.24) is 9.80 Å². The van der Waals surface area contributed by atoms with Gasteiger partial charge in [-0.2, -0.15) is 0 Å². The molecule has 0 aromatic heterocycles. The Hall–Kier alpha value is -1.07. The molecule has 0 spiro atoms. The van der Waals surface area contributed by atoms with E-state index in [0.29, 0.717) is 12.6 Å². The molecule has 21 heavy (non-hydrogen) atoms. The van der Waals surface area contributed by atoms with Crippen LogP contribution in [-0.4, -0.2) is 55.5 Å². The molecule has 0 saturated carbocycles. The fourth-order valence-corrected chi connectivity index (χ4v) is 3.23. The van der Waals surface area contributed by atoms with E-state index in [0.717, 1.165) is 30.4 Å². The van der Waals surface area contributed by atoms with Crippen LogP contribution in [0, 0.1) is 6.92 Å². The number of hydrogen-bond donors (Lipinski definition) is 1. The maximum atomic E-state index is 11.7. The van der Waals surface area contributed by atoms with E-state index in [1.54, 1.807) is 4.90 Å². The minimum atomic E-state index is 0.184. The topological polar surface area (TPSA) is 35.6 Å². The summed E-state index contributed by atoms with van der Waals surface area (Å²) in [5.74, 6) is 0.184. The first kappa shape index (κ1) is 16.3. The molecule has 1 amide bonds. The number of likely N-dealkylation sites (tertiary alicyclic amines) is 1. The van der Waals surface area contributed by atoms with Crippen molar-refractivity contribution in [2.75, 3.05) is 39.0 Å². The molecular weight excluding hydrogens is 330 g/mol. The molecule has 0 unspecified atom stereocenters. The molecule has 2 rings (SSSR count). The number of benzene rings is 1. The molecule has 1 aromatic carbocycles. The Morgan fingerprint density at radius 1 is 1.33 bits per heavy atom. The summed E-state index contributed by atoms with van der Waals surface area (Å²) in [5, 5.41) is 3.61. The van der Waals surface area contributed by atoms with E-state index in [2.05, 4.69) is 51.3 Å². The molecule has 1 fully saturated rings. The number of carbonyl (C=O) groups excluding carboxylic acids is 1. The zero-order chi connectivity index (χ0) is 15.4. The zero-order valence-corrected chi connectivity index (χ0v) is 14.6. The second-order valence-electron chi connectivity index (χ2n) is 6.00. The summed E-state index contributed by atoms with van der Waals surface area (Å²) in [5.41, 5.74) is 2.42. The van der Waals surface area contributed by atoms with E-state index in [4.69, 9.17) is 0 Å². The number of piperidine rings is 1. The Kier molecular flexibility index (Phi) is 5.65. The highest BCUT2D eigenvalue weighted by Gasteiger charge is 2.21. The molecule has 0 atom stereocenters. The van der Waals surface area contributed by atoms with Gasteiger partial charge in [0.1, 0.15) is 0 Å². The number of carbonyl (C=O) groups is 1. The zero-order valence-electron chi connectivity index (χ0n) is 13.0. The summed E-state index contributed by atoms with van der Waals surface area (Å²) in [4.78, 5) is 15.6. The van der Waals surface area contributed by atoms with E-state index >= 15 is 0 Å². The van der Waals surface area contributed by atoms with Crippen molar-refractivity contribution in [3.8, 4) is 0 Å². The van der Waals surface area contributed by atoms with Gasteiger partial charge >= 0.3 is 0 Å². The van der Waals surface area contributed by atoms with Gasteiger partial charge in [0, 0.05) is 43.4 Å². The predicted octanol–water partition coefficient (Wildman–Crippen LogP) is 2.72. The van der Waals surface area contributed by atoms with Crippen molar-refractivity contribution in [2.24, 2.45) is 0 Å². The van der Waals surface area contributed by atoms with Gasteiger partial charge in [0.25, 0.3) is 0 Å². The largest absolute Gasteiger partial charge is 0.382 e. The number of halogens is 1. The first-order chi connectivity index (χ1) is 9.94. The number of hydrogen-bond acceptors (Lipinski definition) is 3. The fourth-order valence-electron chi connectivity index (χ4n) is 2.62. The Bertz CT molecular complexity index is 476. The number of rotatable bonds is 4. The lowest BCUT2D eigenvalue weighted by atomic mass is 10.0. The van der Waals surface area contributed by atoms with Gasteiger partial charge in [-0.15, -0.1) is 0 Å².